The smallest absolute Gasteiger partial charge is 0.213 e. The van der Waals surface area contributed by atoms with Gasteiger partial charge in [0, 0.05) is 41.2 Å². The van der Waals surface area contributed by atoms with E-state index in [2.05, 4.69) is 46.9 Å². The number of benzene rings is 2. The Bertz CT molecular complexity index is 1400. The van der Waals surface area contributed by atoms with Crippen molar-refractivity contribution in [1.29, 1.82) is 0 Å². The summed E-state index contributed by atoms with van der Waals surface area (Å²) < 4.78 is 29.4. The van der Waals surface area contributed by atoms with Crippen molar-refractivity contribution >= 4 is 12.1 Å². The van der Waals surface area contributed by atoms with Crippen molar-refractivity contribution in [1.82, 2.24) is 19.9 Å². The van der Waals surface area contributed by atoms with Gasteiger partial charge in [-0.05, 0) is 100 Å². The molecule has 0 N–H and O–H groups in total. The average molecular weight is 661 g/mol. The van der Waals surface area contributed by atoms with Gasteiger partial charge in [0.15, 0.2) is 0 Å². The molecule has 0 radical (unpaired) electrons. The molecule has 252 valence electrons. The first-order chi connectivity index (χ1) is 21.3. The summed E-state index contributed by atoms with van der Waals surface area (Å²) in [5.41, 5.74) is 4.57. The minimum Gasteiger partial charge on any atom is -0.497 e. The number of rotatable bonds is 8. The highest BCUT2D eigenvalue weighted by molar-refractivity contribution is 7.94. The fourth-order valence-electron chi connectivity index (χ4n) is 5.10. The zero-order valence-electron chi connectivity index (χ0n) is 27.7. The van der Waals surface area contributed by atoms with E-state index < -0.39 is 0 Å². The number of aryl methyl sites for hydroxylation is 3. The molecule has 1 saturated carbocycles. The summed E-state index contributed by atoms with van der Waals surface area (Å²) in [4.78, 5) is 14.9. The Balaban J connectivity index is 0.000000418. The van der Waals surface area contributed by atoms with Gasteiger partial charge in [-0.3, -0.25) is 9.41 Å². The maximum absolute atomic E-state index is 12.9. The zero-order chi connectivity index (χ0) is 31.9. The zero-order valence-corrected chi connectivity index (χ0v) is 28.5. The van der Waals surface area contributed by atoms with Crippen molar-refractivity contribution in [2.24, 2.45) is 0 Å². The lowest BCUT2D eigenvalue weighted by Crippen LogP contribution is -2.46. The van der Waals surface area contributed by atoms with E-state index in [9.17, 15) is 3.89 Å². The Morgan fingerprint density at radius 3 is 2.26 bits per heavy atom. The number of hydrogen-bond acceptors (Lipinski definition) is 8. The molecule has 7 nitrogen and oxygen atoms in total. The van der Waals surface area contributed by atoms with Crippen LogP contribution in [0.25, 0.3) is 0 Å². The number of likely N-dealkylation sites (N-methyl/N-ethyl adjacent to an activating group) is 1. The fraction of sp³-hybridized carbons (Fsp3) is 0.400. The van der Waals surface area contributed by atoms with Gasteiger partial charge >= 0.3 is 0 Å². The van der Waals surface area contributed by atoms with Crippen LogP contribution >= 0.6 is 12.1 Å². The molecular weight excluding hydrogens is 613 g/mol. The highest BCUT2D eigenvalue weighted by Gasteiger charge is 2.34. The average Bonchev–Trinajstić information content (AvgIpc) is 3.06. The second kappa shape index (κ2) is 21.1. The number of pyridine rings is 1. The number of halogens is 3. The lowest BCUT2D eigenvalue weighted by atomic mass is 9.79. The fourth-order valence-corrected chi connectivity index (χ4v) is 5.41. The van der Waals surface area contributed by atoms with Gasteiger partial charge in [-0.15, -0.1) is 0 Å². The molecule has 1 aliphatic carbocycles. The standard InChI is InChI=1S/C20H25FN2OS.C10H14O2.C5H6N2.2FH/c1-14-7-10-20(22-13-14)24-19-9-8-16(12-18(19)23(2)3)15-5-4-6-17(11-15)25-21;1-4-8-5-6-9(11-2)7-10(8)12-3;1-5-2-3-6-4-7-5;;/h4-7,10-11,13,16,18-19H,8-9,12H2,1-3H3;5-7H,4H2,1-3H3;2-4H,1H3;2*1H/t16-,18-,19-;;;;/m0..../s1. The molecule has 0 saturated heterocycles. The molecule has 1 fully saturated rings. The lowest BCUT2D eigenvalue weighted by Gasteiger charge is -2.39. The van der Waals surface area contributed by atoms with Crippen molar-refractivity contribution in [2.75, 3.05) is 28.3 Å². The van der Waals surface area contributed by atoms with Gasteiger partial charge < -0.3 is 19.1 Å². The Labute approximate surface area is 276 Å². The minimum atomic E-state index is 0. The quantitative estimate of drug-likeness (QED) is 0.187. The van der Waals surface area contributed by atoms with E-state index in [4.69, 9.17) is 14.2 Å². The van der Waals surface area contributed by atoms with Crippen LogP contribution in [0.5, 0.6) is 17.4 Å². The van der Waals surface area contributed by atoms with Crippen LogP contribution in [0.1, 0.15) is 54.5 Å². The molecule has 46 heavy (non-hydrogen) atoms. The summed E-state index contributed by atoms with van der Waals surface area (Å²) >= 11 is 0.314. The van der Waals surface area contributed by atoms with Crippen LogP contribution in [0.2, 0.25) is 0 Å². The third-order valence-corrected chi connectivity index (χ3v) is 8.03. The van der Waals surface area contributed by atoms with Gasteiger partial charge in [-0.25, -0.2) is 15.0 Å². The first-order valence-electron chi connectivity index (χ1n) is 14.9. The van der Waals surface area contributed by atoms with Crippen LogP contribution < -0.4 is 14.2 Å². The molecule has 2 aromatic carbocycles. The number of methoxy groups -OCH3 is 2. The van der Waals surface area contributed by atoms with Crippen LogP contribution in [0, 0.1) is 13.8 Å². The van der Waals surface area contributed by atoms with Gasteiger partial charge in [-0.2, -0.15) is 3.89 Å². The largest absolute Gasteiger partial charge is 0.497 e. The molecule has 2 heterocycles. The van der Waals surface area contributed by atoms with Crippen LogP contribution in [-0.2, 0) is 6.42 Å². The third-order valence-electron chi connectivity index (χ3n) is 7.60. The summed E-state index contributed by atoms with van der Waals surface area (Å²) in [6.45, 7) is 6.06. The highest BCUT2D eigenvalue weighted by Crippen LogP contribution is 2.37. The Hall–Kier alpha value is -3.83. The van der Waals surface area contributed by atoms with Crippen LogP contribution in [0.15, 0.2) is 84.3 Å². The van der Waals surface area contributed by atoms with E-state index in [1.165, 1.54) is 17.5 Å². The van der Waals surface area contributed by atoms with Crippen molar-refractivity contribution in [2.45, 2.75) is 69.4 Å². The molecule has 0 bridgehead atoms. The molecule has 0 amide bonds. The van der Waals surface area contributed by atoms with Crippen molar-refractivity contribution in [3.05, 3.63) is 102 Å². The van der Waals surface area contributed by atoms with Crippen molar-refractivity contribution < 1.29 is 27.5 Å². The van der Waals surface area contributed by atoms with Crippen LogP contribution in [0.3, 0.4) is 0 Å². The summed E-state index contributed by atoms with van der Waals surface area (Å²) in [7, 11) is 7.52. The monoisotopic (exact) mass is 660 g/mol. The topological polar surface area (TPSA) is 69.6 Å². The second-order valence-corrected chi connectivity index (χ2v) is 11.5. The normalized spacial score (nSPS) is 16.7. The van der Waals surface area contributed by atoms with E-state index >= 15 is 0 Å². The maximum atomic E-state index is 12.9. The van der Waals surface area contributed by atoms with E-state index in [-0.39, 0.29) is 15.5 Å². The molecule has 1 aliphatic rings. The number of aromatic nitrogens is 3. The molecule has 5 rings (SSSR count). The lowest BCUT2D eigenvalue weighted by molar-refractivity contribution is 0.0514. The summed E-state index contributed by atoms with van der Waals surface area (Å²) in [5.74, 6) is 2.86. The maximum Gasteiger partial charge on any atom is 0.213 e. The van der Waals surface area contributed by atoms with Gasteiger partial charge in [0.2, 0.25) is 5.88 Å². The van der Waals surface area contributed by atoms with E-state index in [0.29, 0.717) is 34.9 Å². The summed E-state index contributed by atoms with van der Waals surface area (Å²) in [6.07, 6.45) is 9.22. The van der Waals surface area contributed by atoms with Gasteiger partial charge in [0.05, 0.1) is 26.4 Å². The Kier molecular flexibility index (Phi) is 18.4. The van der Waals surface area contributed by atoms with Crippen LogP contribution in [0.4, 0.5) is 13.3 Å². The molecule has 4 aromatic rings. The number of nitrogens with zero attached hydrogens (tertiary/aromatic N) is 4. The summed E-state index contributed by atoms with van der Waals surface area (Å²) in [5, 5.41) is 0. The molecule has 2 aromatic heterocycles. The first-order valence-corrected chi connectivity index (χ1v) is 15.6. The highest BCUT2D eigenvalue weighted by atomic mass is 32.2. The SMILES string of the molecule is CCc1ccc(OC)cc1OC.Cc1ccc(O[C@H]2CC[C@H](c3cccc(SF)c3)C[C@@H]2N(C)C)nc1.Cc1ccncn1.F.F. The predicted molar refractivity (Wildman–Crippen MR) is 182 cm³/mol. The van der Waals surface area contributed by atoms with Gasteiger partial charge in [-0.1, -0.05) is 31.2 Å². The molecule has 0 spiro atoms. The van der Waals surface area contributed by atoms with Crippen LogP contribution in [-0.4, -0.2) is 60.3 Å². The van der Waals surface area contributed by atoms with Gasteiger partial charge in [0.1, 0.15) is 23.9 Å². The van der Waals surface area contributed by atoms with Crippen molar-refractivity contribution in [3.8, 4) is 17.4 Å². The number of hydrogen-bond donors (Lipinski definition) is 0. The Morgan fingerprint density at radius 1 is 0.935 bits per heavy atom. The van der Waals surface area contributed by atoms with Gasteiger partial charge in [0.25, 0.3) is 0 Å². The Morgan fingerprint density at radius 2 is 1.72 bits per heavy atom. The molecule has 0 aliphatic heterocycles. The molecule has 3 atom stereocenters. The minimum absolute atomic E-state index is 0. The summed E-state index contributed by atoms with van der Waals surface area (Å²) in [6, 6.07) is 19.9. The van der Waals surface area contributed by atoms with Crippen molar-refractivity contribution in [3.63, 3.8) is 0 Å². The van der Waals surface area contributed by atoms with E-state index in [1.807, 2.05) is 74.6 Å². The third kappa shape index (κ3) is 12.5. The van der Waals surface area contributed by atoms with E-state index in [1.54, 1.807) is 20.4 Å². The molecular formula is C35H47F3N4O3S. The second-order valence-electron chi connectivity index (χ2n) is 10.9. The first kappa shape index (κ1) is 40.2. The molecule has 0 unspecified atom stereocenters. The molecule has 11 heteroatoms. The van der Waals surface area contributed by atoms with E-state index in [0.717, 1.165) is 48.4 Å². The number of ether oxygens (including phenoxy) is 3. The predicted octanol–water partition coefficient (Wildman–Crippen LogP) is 8.37.